The largest absolute Gasteiger partial charge is 0.457 e. The molecular formula is C34H34N2O2. The Morgan fingerprint density at radius 2 is 1.55 bits per heavy atom. The first-order valence-electron chi connectivity index (χ1n) is 13.7. The molecule has 4 aromatic carbocycles. The lowest BCUT2D eigenvalue weighted by Gasteiger charge is -2.39. The third kappa shape index (κ3) is 5.09. The van der Waals surface area contributed by atoms with Crippen molar-refractivity contribution >= 4 is 11.6 Å². The van der Waals surface area contributed by atoms with E-state index in [4.69, 9.17) is 4.74 Å². The van der Waals surface area contributed by atoms with Crippen molar-refractivity contribution < 1.29 is 9.53 Å². The van der Waals surface area contributed by atoms with Crippen LogP contribution in [0.15, 0.2) is 97.1 Å². The van der Waals surface area contributed by atoms with Crippen LogP contribution in [0.5, 0.6) is 11.5 Å². The highest BCUT2D eigenvalue weighted by Gasteiger charge is 2.35. The number of benzene rings is 4. The molecular weight excluding hydrogens is 468 g/mol. The predicted octanol–water partition coefficient (Wildman–Crippen LogP) is 7.50. The average Bonchev–Trinajstić information content (AvgIpc) is 2.95. The van der Waals surface area contributed by atoms with Crippen molar-refractivity contribution in [3.05, 3.63) is 114 Å². The minimum atomic E-state index is -0.0734. The van der Waals surface area contributed by atoms with Gasteiger partial charge >= 0.3 is 0 Å². The number of rotatable bonds is 6. The average molecular weight is 503 g/mol. The number of nitrogens with zero attached hydrogens (tertiary/aromatic N) is 1. The van der Waals surface area contributed by atoms with Gasteiger partial charge in [0.2, 0.25) is 5.91 Å². The summed E-state index contributed by atoms with van der Waals surface area (Å²) in [6, 6.07) is 33.8. The molecule has 2 heterocycles. The fraction of sp³-hybridized carbons (Fsp3) is 0.265. The molecule has 1 N–H and O–H groups in total. The van der Waals surface area contributed by atoms with E-state index in [1.165, 1.54) is 29.5 Å². The van der Waals surface area contributed by atoms with E-state index >= 15 is 0 Å². The first-order valence-corrected chi connectivity index (χ1v) is 13.7. The molecule has 0 aromatic heterocycles. The van der Waals surface area contributed by atoms with Gasteiger partial charge < -0.3 is 15.0 Å². The Balaban J connectivity index is 1.25. The smallest absolute Gasteiger partial charge is 0.221 e. The van der Waals surface area contributed by atoms with Crippen LogP contribution >= 0.6 is 0 Å². The van der Waals surface area contributed by atoms with Crippen LogP contribution in [0.3, 0.4) is 0 Å². The van der Waals surface area contributed by atoms with Gasteiger partial charge in [-0.15, -0.1) is 0 Å². The summed E-state index contributed by atoms with van der Waals surface area (Å²) in [5.41, 5.74) is 6.84. The van der Waals surface area contributed by atoms with Crippen LogP contribution in [0.4, 0.5) is 5.69 Å². The Kier molecular flexibility index (Phi) is 6.98. The maximum atomic E-state index is 11.8. The summed E-state index contributed by atoms with van der Waals surface area (Å²) in [6.45, 7) is 4.93. The van der Waals surface area contributed by atoms with Crippen molar-refractivity contribution in [3.8, 4) is 22.6 Å². The topological polar surface area (TPSA) is 41.6 Å². The normalized spacial score (nSPS) is 17.2. The SMILES string of the molecule is CC(=O)Nc1ccccc1-c1ccc2c(c1)Oc1ccccc1C2C1CCN(CCc2ccccc2)CC1. The molecule has 38 heavy (non-hydrogen) atoms. The Morgan fingerprint density at radius 3 is 2.37 bits per heavy atom. The van der Waals surface area contributed by atoms with Crippen molar-refractivity contribution in [2.24, 2.45) is 5.92 Å². The van der Waals surface area contributed by atoms with Gasteiger partial charge in [-0.3, -0.25) is 4.79 Å². The summed E-state index contributed by atoms with van der Waals surface area (Å²) in [6.07, 6.45) is 3.47. The second-order valence-corrected chi connectivity index (χ2v) is 10.5. The van der Waals surface area contributed by atoms with Gasteiger partial charge in [-0.05, 0) is 67.6 Å². The summed E-state index contributed by atoms with van der Waals surface area (Å²) >= 11 is 0. The molecule has 1 saturated heterocycles. The Hall–Kier alpha value is -3.89. The van der Waals surface area contributed by atoms with Crippen molar-refractivity contribution in [2.75, 3.05) is 25.0 Å². The predicted molar refractivity (Wildman–Crippen MR) is 154 cm³/mol. The molecule has 0 spiro atoms. The third-order valence-electron chi connectivity index (χ3n) is 8.03. The minimum absolute atomic E-state index is 0.0734. The van der Waals surface area contributed by atoms with Crippen LogP contribution in [0, 0.1) is 5.92 Å². The molecule has 6 rings (SSSR count). The number of nitrogens with one attached hydrogen (secondary N) is 1. The number of fused-ring (bicyclic) bond motifs is 2. The van der Waals surface area contributed by atoms with Gasteiger partial charge in [-0.2, -0.15) is 0 Å². The number of amides is 1. The first-order chi connectivity index (χ1) is 18.7. The molecule has 4 heteroatoms. The summed E-state index contributed by atoms with van der Waals surface area (Å²) in [7, 11) is 0. The monoisotopic (exact) mass is 502 g/mol. The van der Waals surface area contributed by atoms with Crippen molar-refractivity contribution in [1.29, 1.82) is 0 Å². The van der Waals surface area contributed by atoms with E-state index in [-0.39, 0.29) is 5.91 Å². The van der Waals surface area contributed by atoms with Crippen LogP contribution in [-0.2, 0) is 11.2 Å². The molecule has 2 aliphatic rings. The molecule has 0 radical (unpaired) electrons. The number of hydrogen-bond acceptors (Lipinski definition) is 3. The highest BCUT2D eigenvalue weighted by molar-refractivity contribution is 5.94. The molecule has 1 atom stereocenters. The van der Waals surface area contributed by atoms with Crippen LogP contribution in [0.2, 0.25) is 0 Å². The van der Waals surface area contributed by atoms with E-state index in [1.807, 2.05) is 24.3 Å². The zero-order valence-corrected chi connectivity index (χ0v) is 21.9. The van der Waals surface area contributed by atoms with Crippen LogP contribution < -0.4 is 10.1 Å². The van der Waals surface area contributed by atoms with E-state index in [9.17, 15) is 4.79 Å². The van der Waals surface area contributed by atoms with Gasteiger partial charge in [-0.25, -0.2) is 0 Å². The molecule has 4 nitrogen and oxygen atoms in total. The Morgan fingerprint density at radius 1 is 0.842 bits per heavy atom. The first kappa shape index (κ1) is 24.4. The summed E-state index contributed by atoms with van der Waals surface area (Å²) < 4.78 is 6.49. The lowest BCUT2D eigenvalue weighted by atomic mass is 9.74. The molecule has 2 aliphatic heterocycles. The minimum Gasteiger partial charge on any atom is -0.457 e. The van der Waals surface area contributed by atoms with E-state index in [2.05, 4.69) is 83.0 Å². The van der Waals surface area contributed by atoms with E-state index in [0.29, 0.717) is 11.8 Å². The quantitative estimate of drug-likeness (QED) is 0.297. The Labute approximate surface area is 225 Å². The van der Waals surface area contributed by atoms with Gasteiger partial charge in [0.25, 0.3) is 0 Å². The molecule has 192 valence electrons. The maximum absolute atomic E-state index is 11.8. The number of likely N-dealkylation sites (tertiary alicyclic amines) is 1. The highest BCUT2D eigenvalue weighted by Crippen LogP contribution is 2.50. The van der Waals surface area contributed by atoms with Crippen molar-refractivity contribution in [2.45, 2.75) is 32.1 Å². The van der Waals surface area contributed by atoms with E-state index in [1.54, 1.807) is 6.92 Å². The fourth-order valence-electron chi connectivity index (χ4n) is 6.15. The van der Waals surface area contributed by atoms with Crippen LogP contribution in [-0.4, -0.2) is 30.4 Å². The number of anilines is 1. The summed E-state index contributed by atoms with van der Waals surface area (Å²) in [4.78, 5) is 14.4. The molecule has 1 amide bonds. The molecule has 1 unspecified atom stereocenters. The van der Waals surface area contributed by atoms with Crippen molar-refractivity contribution in [3.63, 3.8) is 0 Å². The number of ether oxygens (including phenoxy) is 1. The Bertz CT molecular complexity index is 1420. The van der Waals surface area contributed by atoms with Gasteiger partial charge in [0.1, 0.15) is 11.5 Å². The molecule has 4 aromatic rings. The zero-order valence-electron chi connectivity index (χ0n) is 21.9. The standard InChI is InChI=1S/C34H34N2O2/c1-24(37)35-31-13-7-5-11-28(31)27-15-16-30-33(23-27)38-32-14-8-6-12-29(32)34(30)26-18-21-36(22-19-26)20-17-25-9-3-2-4-10-25/h2-16,23,26,34H,17-22H2,1H3,(H,35,37). The number of para-hydroxylation sites is 2. The van der Waals surface area contributed by atoms with E-state index < -0.39 is 0 Å². The van der Waals surface area contributed by atoms with Crippen molar-refractivity contribution in [1.82, 2.24) is 4.90 Å². The lowest BCUT2D eigenvalue weighted by Crippen LogP contribution is -2.37. The fourth-order valence-corrected chi connectivity index (χ4v) is 6.15. The number of hydrogen-bond donors (Lipinski definition) is 1. The number of carbonyl (C=O) groups is 1. The third-order valence-corrected chi connectivity index (χ3v) is 8.03. The van der Waals surface area contributed by atoms with E-state index in [0.717, 1.165) is 54.4 Å². The van der Waals surface area contributed by atoms with Gasteiger partial charge in [0.05, 0.1) is 0 Å². The molecule has 0 aliphatic carbocycles. The second-order valence-electron chi connectivity index (χ2n) is 10.5. The lowest BCUT2D eigenvalue weighted by molar-refractivity contribution is -0.114. The zero-order chi connectivity index (χ0) is 25.9. The second kappa shape index (κ2) is 10.8. The summed E-state index contributed by atoms with van der Waals surface area (Å²) in [5.74, 6) is 2.71. The van der Waals surface area contributed by atoms with Gasteiger partial charge in [0.15, 0.2) is 0 Å². The number of carbonyl (C=O) groups excluding carboxylic acids is 1. The van der Waals surface area contributed by atoms with Gasteiger partial charge in [0, 0.05) is 41.8 Å². The highest BCUT2D eigenvalue weighted by atomic mass is 16.5. The van der Waals surface area contributed by atoms with Crippen LogP contribution in [0.1, 0.15) is 42.4 Å². The number of piperidine rings is 1. The summed E-state index contributed by atoms with van der Waals surface area (Å²) in [5, 5.41) is 2.97. The maximum Gasteiger partial charge on any atom is 0.221 e. The molecule has 0 saturated carbocycles. The van der Waals surface area contributed by atoms with Crippen LogP contribution in [0.25, 0.3) is 11.1 Å². The molecule has 1 fully saturated rings. The molecule has 0 bridgehead atoms. The van der Waals surface area contributed by atoms with Gasteiger partial charge in [-0.1, -0.05) is 78.9 Å².